The van der Waals surface area contributed by atoms with Crippen LogP contribution < -0.4 is 4.90 Å². The standard InChI is InChI=1S/C12H18ClN3O/c1-4-10-14-11(13)9(3)12(15-10)16-5-6-17-7-8(16)2/h8H,4-7H2,1-3H3. The van der Waals surface area contributed by atoms with E-state index in [4.69, 9.17) is 16.3 Å². The van der Waals surface area contributed by atoms with Gasteiger partial charge in [0.05, 0.1) is 19.3 Å². The molecule has 0 amide bonds. The first-order valence-corrected chi connectivity index (χ1v) is 6.38. The molecule has 0 saturated carbocycles. The van der Waals surface area contributed by atoms with E-state index < -0.39 is 0 Å². The van der Waals surface area contributed by atoms with Crippen molar-refractivity contribution in [3.8, 4) is 0 Å². The molecule has 0 radical (unpaired) electrons. The minimum atomic E-state index is 0.332. The number of halogens is 1. The molecule has 4 nitrogen and oxygen atoms in total. The average molecular weight is 256 g/mol. The molecule has 0 N–H and O–H groups in total. The molecule has 0 spiro atoms. The zero-order valence-electron chi connectivity index (χ0n) is 10.5. The fourth-order valence-electron chi connectivity index (χ4n) is 2.00. The number of rotatable bonds is 2. The van der Waals surface area contributed by atoms with Crippen LogP contribution in [-0.2, 0) is 11.2 Å². The first-order chi connectivity index (χ1) is 8.13. The smallest absolute Gasteiger partial charge is 0.137 e. The minimum absolute atomic E-state index is 0.332. The van der Waals surface area contributed by atoms with Gasteiger partial charge in [-0.3, -0.25) is 0 Å². The maximum Gasteiger partial charge on any atom is 0.137 e. The summed E-state index contributed by atoms with van der Waals surface area (Å²) in [5, 5.41) is 0.561. The van der Waals surface area contributed by atoms with Gasteiger partial charge in [0.25, 0.3) is 0 Å². The third kappa shape index (κ3) is 2.53. The molecule has 1 fully saturated rings. The molecule has 0 bridgehead atoms. The molecule has 1 atom stereocenters. The monoisotopic (exact) mass is 255 g/mol. The van der Waals surface area contributed by atoms with Gasteiger partial charge in [0.1, 0.15) is 16.8 Å². The predicted molar refractivity (Wildman–Crippen MR) is 68.8 cm³/mol. The van der Waals surface area contributed by atoms with E-state index in [0.29, 0.717) is 11.2 Å². The number of nitrogens with zero attached hydrogens (tertiary/aromatic N) is 3. The largest absolute Gasteiger partial charge is 0.377 e. The van der Waals surface area contributed by atoms with Gasteiger partial charge in [-0.2, -0.15) is 0 Å². The summed E-state index contributed by atoms with van der Waals surface area (Å²) in [5.41, 5.74) is 0.956. The van der Waals surface area contributed by atoms with E-state index >= 15 is 0 Å². The number of hydrogen-bond acceptors (Lipinski definition) is 4. The first kappa shape index (κ1) is 12.6. The molecule has 94 valence electrons. The van der Waals surface area contributed by atoms with Crippen molar-refractivity contribution in [2.24, 2.45) is 0 Å². The SMILES string of the molecule is CCc1nc(Cl)c(C)c(N2CCOCC2C)n1. The Morgan fingerprint density at radius 3 is 2.88 bits per heavy atom. The summed E-state index contributed by atoms with van der Waals surface area (Å²) in [6.07, 6.45) is 0.797. The Morgan fingerprint density at radius 1 is 1.47 bits per heavy atom. The third-order valence-electron chi connectivity index (χ3n) is 3.06. The molecule has 1 saturated heterocycles. The van der Waals surface area contributed by atoms with Gasteiger partial charge >= 0.3 is 0 Å². The van der Waals surface area contributed by atoms with Crippen molar-refractivity contribution in [2.45, 2.75) is 33.2 Å². The molecule has 1 aromatic rings. The molecule has 1 aliphatic heterocycles. The fraction of sp³-hybridized carbons (Fsp3) is 0.667. The summed E-state index contributed by atoms with van der Waals surface area (Å²) >= 11 is 6.16. The van der Waals surface area contributed by atoms with Crippen LogP contribution in [-0.4, -0.2) is 35.8 Å². The highest BCUT2D eigenvalue weighted by Gasteiger charge is 2.23. The van der Waals surface area contributed by atoms with Gasteiger partial charge in [-0.15, -0.1) is 0 Å². The number of ether oxygens (including phenoxy) is 1. The molecular formula is C12H18ClN3O. The van der Waals surface area contributed by atoms with Gasteiger partial charge in [-0.25, -0.2) is 9.97 Å². The van der Waals surface area contributed by atoms with Gasteiger partial charge in [-0.05, 0) is 13.8 Å². The lowest BCUT2D eigenvalue weighted by Crippen LogP contribution is -2.44. The summed E-state index contributed by atoms with van der Waals surface area (Å²) in [5.74, 6) is 1.76. The molecule has 2 heterocycles. The zero-order chi connectivity index (χ0) is 12.4. The van der Waals surface area contributed by atoms with Crippen molar-refractivity contribution >= 4 is 17.4 Å². The third-order valence-corrected chi connectivity index (χ3v) is 3.43. The fourth-order valence-corrected chi connectivity index (χ4v) is 2.18. The lowest BCUT2D eigenvalue weighted by atomic mass is 10.2. The van der Waals surface area contributed by atoms with Crippen LogP contribution in [0.25, 0.3) is 0 Å². The van der Waals surface area contributed by atoms with E-state index in [1.165, 1.54) is 0 Å². The average Bonchev–Trinajstić information content (AvgIpc) is 2.33. The highest BCUT2D eigenvalue weighted by Crippen LogP contribution is 2.26. The predicted octanol–water partition coefficient (Wildman–Crippen LogP) is 2.23. The molecule has 5 heteroatoms. The zero-order valence-corrected chi connectivity index (χ0v) is 11.3. The van der Waals surface area contributed by atoms with Crippen LogP contribution in [0.3, 0.4) is 0 Å². The van der Waals surface area contributed by atoms with E-state index in [9.17, 15) is 0 Å². The first-order valence-electron chi connectivity index (χ1n) is 6.01. The Kier molecular flexibility index (Phi) is 3.84. The maximum absolute atomic E-state index is 6.16. The van der Waals surface area contributed by atoms with Gasteiger partial charge in [0.15, 0.2) is 0 Å². The molecule has 1 aromatic heterocycles. The van der Waals surface area contributed by atoms with Gasteiger partial charge in [0.2, 0.25) is 0 Å². The van der Waals surface area contributed by atoms with Crippen LogP contribution >= 0.6 is 11.6 Å². The maximum atomic E-state index is 6.16. The Morgan fingerprint density at radius 2 is 2.24 bits per heavy atom. The molecule has 1 aliphatic rings. The van der Waals surface area contributed by atoms with Crippen molar-refractivity contribution in [1.29, 1.82) is 0 Å². The minimum Gasteiger partial charge on any atom is -0.377 e. The summed E-state index contributed by atoms with van der Waals surface area (Å²) < 4.78 is 5.44. The molecular weight excluding hydrogens is 238 g/mol. The van der Waals surface area contributed by atoms with Crippen LogP contribution in [0.4, 0.5) is 5.82 Å². The van der Waals surface area contributed by atoms with Crippen LogP contribution in [0.15, 0.2) is 0 Å². The van der Waals surface area contributed by atoms with Gasteiger partial charge < -0.3 is 9.64 Å². The Balaban J connectivity index is 2.38. The summed E-state index contributed by atoms with van der Waals surface area (Å²) in [6.45, 7) is 8.49. The summed E-state index contributed by atoms with van der Waals surface area (Å²) in [4.78, 5) is 11.1. The quantitative estimate of drug-likeness (QED) is 0.760. The second-order valence-corrected chi connectivity index (χ2v) is 4.71. The van der Waals surface area contributed by atoms with Gasteiger partial charge in [0, 0.05) is 18.5 Å². The number of anilines is 1. The van der Waals surface area contributed by atoms with Crippen LogP contribution in [0.5, 0.6) is 0 Å². The number of aryl methyl sites for hydroxylation is 1. The van der Waals surface area contributed by atoms with Crippen molar-refractivity contribution in [3.05, 3.63) is 16.5 Å². The summed E-state index contributed by atoms with van der Waals surface area (Å²) in [7, 11) is 0. The summed E-state index contributed by atoms with van der Waals surface area (Å²) in [6, 6.07) is 0.332. The number of morpholine rings is 1. The van der Waals surface area contributed by atoms with E-state index in [1.54, 1.807) is 0 Å². The highest BCUT2D eigenvalue weighted by atomic mass is 35.5. The highest BCUT2D eigenvalue weighted by molar-refractivity contribution is 6.30. The lowest BCUT2D eigenvalue weighted by Gasteiger charge is -2.35. The Bertz CT molecular complexity index is 411. The van der Waals surface area contributed by atoms with Gasteiger partial charge in [-0.1, -0.05) is 18.5 Å². The van der Waals surface area contributed by atoms with E-state index in [0.717, 1.165) is 43.4 Å². The molecule has 2 rings (SSSR count). The second kappa shape index (κ2) is 5.19. The number of hydrogen-bond donors (Lipinski definition) is 0. The topological polar surface area (TPSA) is 38.2 Å². The van der Waals surface area contributed by atoms with Crippen molar-refractivity contribution in [1.82, 2.24) is 9.97 Å². The van der Waals surface area contributed by atoms with E-state index in [-0.39, 0.29) is 0 Å². The van der Waals surface area contributed by atoms with Crippen LogP contribution in [0, 0.1) is 6.92 Å². The lowest BCUT2D eigenvalue weighted by molar-refractivity contribution is 0.0984. The Labute approximate surface area is 107 Å². The normalized spacial score (nSPS) is 20.7. The molecule has 17 heavy (non-hydrogen) atoms. The second-order valence-electron chi connectivity index (χ2n) is 4.35. The Hall–Kier alpha value is -0.870. The van der Waals surface area contributed by atoms with Crippen LogP contribution in [0.1, 0.15) is 25.2 Å². The molecule has 1 unspecified atom stereocenters. The van der Waals surface area contributed by atoms with Crippen molar-refractivity contribution in [3.63, 3.8) is 0 Å². The van der Waals surface area contributed by atoms with Crippen molar-refractivity contribution < 1.29 is 4.74 Å². The number of aromatic nitrogens is 2. The van der Waals surface area contributed by atoms with E-state index in [1.807, 2.05) is 13.8 Å². The van der Waals surface area contributed by atoms with Crippen LogP contribution in [0.2, 0.25) is 5.15 Å². The molecule has 0 aliphatic carbocycles. The molecule has 0 aromatic carbocycles. The van der Waals surface area contributed by atoms with E-state index in [2.05, 4.69) is 21.8 Å². The van der Waals surface area contributed by atoms with Crippen molar-refractivity contribution in [2.75, 3.05) is 24.7 Å².